The summed E-state index contributed by atoms with van der Waals surface area (Å²) in [6.45, 7) is 5.23. The number of benzene rings is 2. The Labute approximate surface area is 135 Å². The zero-order chi connectivity index (χ0) is 15.2. The third kappa shape index (κ3) is 4.32. The Balaban J connectivity index is 2.04. The Bertz CT molecular complexity index is 571. The van der Waals surface area contributed by atoms with Crippen LogP contribution in [0.3, 0.4) is 0 Å². The quantitative estimate of drug-likeness (QED) is 0.770. The van der Waals surface area contributed by atoms with E-state index in [0.29, 0.717) is 11.7 Å². The van der Waals surface area contributed by atoms with Crippen LogP contribution in [0.2, 0.25) is 0 Å². The van der Waals surface area contributed by atoms with Crippen molar-refractivity contribution in [3.63, 3.8) is 0 Å². The van der Waals surface area contributed by atoms with E-state index in [9.17, 15) is 5.11 Å². The molecule has 2 aromatic rings. The number of rotatable bonds is 6. The molecule has 0 saturated carbocycles. The summed E-state index contributed by atoms with van der Waals surface area (Å²) < 4.78 is 0.992. The van der Waals surface area contributed by atoms with Gasteiger partial charge in [-0.1, -0.05) is 60.1 Å². The molecule has 0 saturated heterocycles. The highest BCUT2D eigenvalue weighted by Crippen LogP contribution is 2.29. The van der Waals surface area contributed by atoms with Crippen LogP contribution in [0.1, 0.15) is 43.4 Å². The lowest BCUT2D eigenvalue weighted by Gasteiger charge is -2.21. The Morgan fingerprint density at radius 1 is 1.14 bits per heavy atom. The van der Waals surface area contributed by atoms with Crippen LogP contribution in [0, 0.1) is 0 Å². The molecule has 3 heteroatoms. The summed E-state index contributed by atoms with van der Waals surface area (Å²) in [5.74, 6) is 0.791. The van der Waals surface area contributed by atoms with E-state index in [4.69, 9.17) is 0 Å². The van der Waals surface area contributed by atoms with Crippen molar-refractivity contribution in [2.45, 2.75) is 32.2 Å². The fourth-order valence-electron chi connectivity index (χ4n) is 2.50. The number of aromatic hydroxyl groups is 1. The van der Waals surface area contributed by atoms with Gasteiger partial charge in [0, 0.05) is 22.6 Å². The number of phenols is 1. The summed E-state index contributed by atoms with van der Waals surface area (Å²) >= 11 is 3.47. The fourth-order valence-corrected chi connectivity index (χ4v) is 2.88. The standard InChI is InChI=1S/C18H22BrNO/c1-3-17(16-11-15(19)9-10-18(16)21)20-12-13(2)14-7-5-4-6-8-14/h4-11,13,17,20-21H,3,12H2,1-2H3. The largest absolute Gasteiger partial charge is 0.508 e. The minimum Gasteiger partial charge on any atom is -0.508 e. The molecule has 0 fully saturated rings. The molecule has 0 aliphatic carbocycles. The van der Waals surface area contributed by atoms with Crippen LogP contribution < -0.4 is 5.32 Å². The van der Waals surface area contributed by atoms with Crippen molar-refractivity contribution < 1.29 is 5.11 Å². The number of hydrogen-bond acceptors (Lipinski definition) is 2. The Kier molecular flexibility index (Phi) is 5.83. The molecular weight excluding hydrogens is 326 g/mol. The molecule has 2 rings (SSSR count). The zero-order valence-corrected chi connectivity index (χ0v) is 14.1. The third-order valence-electron chi connectivity index (χ3n) is 3.81. The van der Waals surface area contributed by atoms with Gasteiger partial charge in [0.2, 0.25) is 0 Å². The van der Waals surface area contributed by atoms with Crippen molar-refractivity contribution in [2.75, 3.05) is 6.54 Å². The number of phenolic OH excluding ortho intramolecular Hbond substituents is 1. The average Bonchev–Trinajstić information content (AvgIpc) is 2.51. The van der Waals surface area contributed by atoms with E-state index in [1.165, 1.54) is 5.56 Å². The van der Waals surface area contributed by atoms with Crippen LogP contribution in [0.25, 0.3) is 0 Å². The Morgan fingerprint density at radius 3 is 2.52 bits per heavy atom. The average molecular weight is 348 g/mol. The van der Waals surface area contributed by atoms with E-state index in [1.807, 2.05) is 18.2 Å². The van der Waals surface area contributed by atoms with Crippen LogP contribution in [-0.4, -0.2) is 11.7 Å². The predicted octanol–water partition coefficient (Wildman–Crippen LogP) is 5.00. The van der Waals surface area contributed by atoms with Gasteiger partial charge in [0.25, 0.3) is 0 Å². The van der Waals surface area contributed by atoms with Gasteiger partial charge in [0.05, 0.1) is 0 Å². The number of nitrogens with one attached hydrogen (secondary N) is 1. The van der Waals surface area contributed by atoms with E-state index in [1.54, 1.807) is 6.07 Å². The lowest BCUT2D eigenvalue weighted by Crippen LogP contribution is -2.25. The van der Waals surface area contributed by atoms with Crippen molar-refractivity contribution in [1.29, 1.82) is 0 Å². The molecule has 0 aliphatic heterocycles. The van der Waals surface area contributed by atoms with Gasteiger partial charge in [-0.05, 0) is 36.1 Å². The third-order valence-corrected chi connectivity index (χ3v) is 4.31. The van der Waals surface area contributed by atoms with Crippen molar-refractivity contribution in [1.82, 2.24) is 5.32 Å². The van der Waals surface area contributed by atoms with Crippen molar-refractivity contribution in [3.8, 4) is 5.75 Å². The summed E-state index contributed by atoms with van der Waals surface area (Å²) in [5, 5.41) is 13.6. The lowest BCUT2D eigenvalue weighted by molar-refractivity contribution is 0.436. The van der Waals surface area contributed by atoms with Gasteiger partial charge >= 0.3 is 0 Å². The molecule has 0 aliphatic rings. The maximum Gasteiger partial charge on any atom is 0.120 e. The van der Waals surface area contributed by atoms with E-state index in [2.05, 4.69) is 59.4 Å². The monoisotopic (exact) mass is 347 g/mol. The maximum atomic E-state index is 10.1. The molecule has 0 aromatic heterocycles. The summed E-state index contributed by atoms with van der Waals surface area (Å²) in [7, 11) is 0. The van der Waals surface area contributed by atoms with E-state index >= 15 is 0 Å². The molecule has 112 valence electrons. The second-order valence-electron chi connectivity index (χ2n) is 5.38. The molecule has 2 N–H and O–H groups in total. The van der Waals surface area contributed by atoms with Crippen LogP contribution in [0.15, 0.2) is 53.0 Å². The van der Waals surface area contributed by atoms with E-state index in [-0.39, 0.29) is 6.04 Å². The molecule has 21 heavy (non-hydrogen) atoms. The first kappa shape index (κ1) is 16.1. The molecule has 0 bridgehead atoms. The topological polar surface area (TPSA) is 32.3 Å². The van der Waals surface area contributed by atoms with Crippen molar-refractivity contribution in [2.24, 2.45) is 0 Å². The van der Waals surface area contributed by atoms with Crippen molar-refractivity contribution >= 4 is 15.9 Å². The Morgan fingerprint density at radius 2 is 1.86 bits per heavy atom. The number of hydrogen-bond donors (Lipinski definition) is 2. The van der Waals surface area contributed by atoms with Crippen LogP contribution in [0.4, 0.5) is 0 Å². The van der Waals surface area contributed by atoms with Crippen LogP contribution in [0.5, 0.6) is 5.75 Å². The highest BCUT2D eigenvalue weighted by Gasteiger charge is 2.15. The highest BCUT2D eigenvalue weighted by atomic mass is 79.9. The molecule has 2 nitrogen and oxygen atoms in total. The summed E-state index contributed by atoms with van der Waals surface area (Å²) in [4.78, 5) is 0. The zero-order valence-electron chi connectivity index (χ0n) is 12.5. The minimum atomic E-state index is 0.161. The van der Waals surface area contributed by atoms with E-state index < -0.39 is 0 Å². The molecule has 0 amide bonds. The summed E-state index contributed by atoms with van der Waals surface area (Å²) in [6.07, 6.45) is 0.936. The van der Waals surface area contributed by atoms with Crippen LogP contribution in [-0.2, 0) is 0 Å². The molecule has 2 unspecified atom stereocenters. The minimum absolute atomic E-state index is 0.161. The second kappa shape index (κ2) is 7.62. The SMILES string of the molecule is CCC(NCC(C)c1ccccc1)c1cc(Br)ccc1O. The molecule has 2 aromatic carbocycles. The summed E-state index contributed by atoms with van der Waals surface area (Å²) in [5.41, 5.74) is 2.28. The van der Waals surface area contributed by atoms with Gasteiger partial charge in [0.1, 0.15) is 5.75 Å². The van der Waals surface area contributed by atoms with Gasteiger partial charge in [-0.15, -0.1) is 0 Å². The van der Waals surface area contributed by atoms with Gasteiger partial charge in [-0.2, -0.15) is 0 Å². The van der Waals surface area contributed by atoms with Crippen molar-refractivity contribution in [3.05, 3.63) is 64.1 Å². The van der Waals surface area contributed by atoms with Gasteiger partial charge in [-0.3, -0.25) is 0 Å². The van der Waals surface area contributed by atoms with Gasteiger partial charge in [-0.25, -0.2) is 0 Å². The highest BCUT2D eigenvalue weighted by molar-refractivity contribution is 9.10. The first-order chi connectivity index (χ1) is 10.1. The smallest absolute Gasteiger partial charge is 0.120 e. The lowest BCUT2D eigenvalue weighted by atomic mass is 9.99. The molecule has 2 atom stereocenters. The molecule has 0 radical (unpaired) electrons. The number of halogens is 1. The maximum absolute atomic E-state index is 10.1. The predicted molar refractivity (Wildman–Crippen MR) is 91.7 cm³/mol. The first-order valence-electron chi connectivity index (χ1n) is 7.38. The van der Waals surface area contributed by atoms with Gasteiger partial charge in [0.15, 0.2) is 0 Å². The Hall–Kier alpha value is -1.32. The first-order valence-corrected chi connectivity index (χ1v) is 8.17. The van der Waals surface area contributed by atoms with Crippen LogP contribution >= 0.6 is 15.9 Å². The molecule has 0 spiro atoms. The second-order valence-corrected chi connectivity index (χ2v) is 6.30. The summed E-state index contributed by atoms with van der Waals surface area (Å²) in [6, 6.07) is 16.2. The van der Waals surface area contributed by atoms with E-state index in [0.717, 1.165) is 23.0 Å². The molecular formula is C18H22BrNO. The normalized spacial score (nSPS) is 13.9. The molecule has 0 heterocycles. The van der Waals surface area contributed by atoms with Gasteiger partial charge < -0.3 is 10.4 Å². The fraction of sp³-hybridized carbons (Fsp3) is 0.333.